The van der Waals surface area contributed by atoms with Crippen molar-refractivity contribution in [3.63, 3.8) is 0 Å². The number of hydrogen-bond donors (Lipinski definition) is 0. The zero-order chi connectivity index (χ0) is 13.0. The van der Waals surface area contributed by atoms with Gasteiger partial charge in [0.25, 0.3) is 5.91 Å². The predicted molar refractivity (Wildman–Crippen MR) is 82.7 cm³/mol. The highest BCUT2D eigenvalue weighted by Gasteiger charge is 2.18. The molecule has 0 N–H and O–H groups in total. The third kappa shape index (κ3) is 3.70. The summed E-state index contributed by atoms with van der Waals surface area (Å²) in [6.45, 7) is 0.908. The van der Waals surface area contributed by atoms with Crippen LogP contribution in [0.1, 0.15) is 42.5 Å². The Morgan fingerprint density at radius 1 is 1.22 bits per heavy atom. The summed E-state index contributed by atoms with van der Waals surface area (Å²) in [4.78, 5) is 14.1. The molecule has 0 bridgehead atoms. The fourth-order valence-corrected chi connectivity index (χ4v) is 3.01. The van der Waals surface area contributed by atoms with E-state index in [9.17, 15) is 4.79 Å². The molecule has 1 aromatic carbocycles. The smallest absolute Gasteiger partial charge is 0.253 e. The van der Waals surface area contributed by atoms with Gasteiger partial charge in [-0.1, -0.05) is 19.3 Å². The summed E-state index contributed by atoms with van der Waals surface area (Å²) in [5.74, 6) is 0.855. The summed E-state index contributed by atoms with van der Waals surface area (Å²) in [5, 5.41) is 0. The summed E-state index contributed by atoms with van der Waals surface area (Å²) < 4.78 is 1.17. The molecular weight excluding hydrogens is 337 g/mol. The summed E-state index contributed by atoms with van der Waals surface area (Å²) >= 11 is 2.26. The van der Waals surface area contributed by atoms with E-state index in [2.05, 4.69) is 22.6 Å². The maximum absolute atomic E-state index is 12.3. The molecule has 1 fully saturated rings. The van der Waals surface area contributed by atoms with E-state index in [1.807, 2.05) is 36.2 Å². The maximum atomic E-state index is 12.3. The van der Waals surface area contributed by atoms with Crippen LogP contribution in [-0.4, -0.2) is 24.4 Å². The van der Waals surface area contributed by atoms with Crippen molar-refractivity contribution >= 4 is 28.5 Å². The molecule has 0 heterocycles. The Hall–Kier alpha value is -0.580. The van der Waals surface area contributed by atoms with Crippen LogP contribution in [0.25, 0.3) is 0 Å². The number of carbonyl (C=O) groups excluding carboxylic acids is 1. The quantitative estimate of drug-likeness (QED) is 0.751. The molecule has 18 heavy (non-hydrogen) atoms. The first-order valence-corrected chi connectivity index (χ1v) is 7.76. The van der Waals surface area contributed by atoms with Crippen LogP contribution in [0.3, 0.4) is 0 Å². The van der Waals surface area contributed by atoms with Crippen LogP contribution < -0.4 is 0 Å². The van der Waals surface area contributed by atoms with Gasteiger partial charge < -0.3 is 4.90 Å². The Kier molecular flexibility index (Phi) is 5.03. The average Bonchev–Trinajstić information content (AvgIpc) is 2.40. The third-order valence-electron chi connectivity index (χ3n) is 3.69. The lowest BCUT2D eigenvalue weighted by atomic mass is 9.89. The number of amides is 1. The number of carbonyl (C=O) groups is 1. The molecule has 3 heteroatoms. The fourth-order valence-electron chi connectivity index (χ4n) is 2.65. The van der Waals surface area contributed by atoms with Crippen molar-refractivity contribution in [2.75, 3.05) is 13.6 Å². The molecule has 0 unspecified atom stereocenters. The maximum Gasteiger partial charge on any atom is 0.253 e. The van der Waals surface area contributed by atoms with Crippen molar-refractivity contribution in [2.45, 2.75) is 32.1 Å². The molecular formula is C15H20INO. The summed E-state index contributed by atoms with van der Waals surface area (Å²) in [6, 6.07) is 7.81. The van der Waals surface area contributed by atoms with Crippen LogP contribution >= 0.6 is 22.6 Å². The van der Waals surface area contributed by atoms with Gasteiger partial charge in [-0.15, -0.1) is 0 Å². The molecule has 0 radical (unpaired) electrons. The molecule has 0 atom stereocenters. The molecule has 2 nitrogen and oxygen atoms in total. The largest absolute Gasteiger partial charge is 0.341 e. The van der Waals surface area contributed by atoms with E-state index >= 15 is 0 Å². The minimum absolute atomic E-state index is 0.150. The third-order valence-corrected chi connectivity index (χ3v) is 4.41. The van der Waals surface area contributed by atoms with Crippen molar-refractivity contribution in [1.29, 1.82) is 0 Å². The van der Waals surface area contributed by atoms with Crippen molar-refractivity contribution in [3.05, 3.63) is 33.4 Å². The molecule has 0 saturated heterocycles. The van der Waals surface area contributed by atoms with E-state index in [1.54, 1.807) is 0 Å². The van der Waals surface area contributed by atoms with E-state index in [0.29, 0.717) is 5.92 Å². The monoisotopic (exact) mass is 357 g/mol. The van der Waals surface area contributed by atoms with Gasteiger partial charge in [-0.25, -0.2) is 0 Å². The van der Waals surface area contributed by atoms with E-state index in [0.717, 1.165) is 12.1 Å². The molecule has 2 rings (SSSR count). The lowest BCUT2D eigenvalue weighted by Crippen LogP contribution is -2.32. The molecule has 98 valence electrons. The molecule has 1 amide bonds. The van der Waals surface area contributed by atoms with E-state index in [4.69, 9.17) is 0 Å². The molecule has 0 aromatic heterocycles. The van der Waals surface area contributed by atoms with E-state index in [-0.39, 0.29) is 5.91 Å². The Labute approximate surface area is 123 Å². The van der Waals surface area contributed by atoms with Crippen molar-refractivity contribution < 1.29 is 4.79 Å². The molecule has 1 aromatic rings. The minimum Gasteiger partial charge on any atom is -0.341 e. The second-order valence-electron chi connectivity index (χ2n) is 5.20. The highest BCUT2D eigenvalue weighted by Crippen LogP contribution is 2.24. The van der Waals surface area contributed by atoms with Gasteiger partial charge in [0, 0.05) is 22.7 Å². The van der Waals surface area contributed by atoms with E-state index in [1.165, 1.54) is 35.7 Å². The van der Waals surface area contributed by atoms with Crippen LogP contribution in [0, 0.1) is 9.49 Å². The van der Waals surface area contributed by atoms with Crippen molar-refractivity contribution in [2.24, 2.45) is 5.92 Å². The predicted octanol–water partition coefficient (Wildman–Crippen LogP) is 3.94. The SMILES string of the molecule is CN(CC1CCCCC1)C(=O)c1ccc(I)cc1. The van der Waals surface area contributed by atoms with Gasteiger partial charge in [0.05, 0.1) is 0 Å². The van der Waals surface area contributed by atoms with Gasteiger partial charge in [0.1, 0.15) is 0 Å². The Morgan fingerprint density at radius 2 is 1.83 bits per heavy atom. The Bertz CT molecular complexity index is 395. The summed E-state index contributed by atoms with van der Waals surface area (Å²) in [5.41, 5.74) is 0.800. The van der Waals surface area contributed by atoms with Crippen molar-refractivity contribution in [3.8, 4) is 0 Å². The highest BCUT2D eigenvalue weighted by molar-refractivity contribution is 14.1. The number of rotatable bonds is 3. The van der Waals surface area contributed by atoms with Gasteiger partial charge >= 0.3 is 0 Å². The Morgan fingerprint density at radius 3 is 2.44 bits per heavy atom. The minimum atomic E-state index is 0.150. The second-order valence-corrected chi connectivity index (χ2v) is 6.44. The molecule has 1 aliphatic rings. The van der Waals surface area contributed by atoms with Crippen LogP contribution in [-0.2, 0) is 0 Å². The normalized spacial score (nSPS) is 16.6. The van der Waals surface area contributed by atoms with Gasteiger partial charge in [0.2, 0.25) is 0 Å². The molecule has 0 aliphatic heterocycles. The first kappa shape index (κ1) is 13.8. The number of nitrogens with zero attached hydrogens (tertiary/aromatic N) is 1. The van der Waals surface area contributed by atoms with E-state index < -0.39 is 0 Å². The van der Waals surface area contributed by atoms with Gasteiger partial charge in [-0.3, -0.25) is 4.79 Å². The second kappa shape index (κ2) is 6.55. The lowest BCUT2D eigenvalue weighted by molar-refractivity contribution is 0.0760. The Balaban J connectivity index is 1.93. The molecule has 0 spiro atoms. The summed E-state index contributed by atoms with van der Waals surface area (Å²) in [6.07, 6.45) is 6.59. The molecule has 1 aliphatic carbocycles. The summed E-state index contributed by atoms with van der Waals surface area (Å²) in [7, 11) is 1.93. The molecule has 1 saturated carbocycles. The van der Waals surface area contributed by atoms with Gasteiger partial charge in [-0.05, 0) is 65.6 Å². The standard InChI is InChI=1S/C15H20INO/c1-17(11-12-5-3-2-4-6-12)15(18)13-7-9-14(16)10-8-13/h7-10,12H,2-6,11H2,1H3. The van der Waals surface area contributed by atoms with Gasteiger partial charge in [0.15, 0.2) is 0 Å². The van der Waals surface area contributed by atoms with Crippen LogP contribution in [0.4, 0.5) is 0 Å². The first-order valence-electron chi connectivity index (χ1n) is 6.68. The van der Waals surface area contributed by atoms with Crippen LogP contribution in [0.15, 0.2) is 24.3 Å². The van der Waals surface area contributed by atoms with Crippen molar-refractivity contribution in [1.82, 2.24) is 4.90 Å². The van der Waals surface area contributed by atoms with Crippen LogP contribution in [0.2, 0.25) is 0 Å². The van der Waals surface area contributed by atoms with Crippen LogP contribution in [0.5, 0.6) is 0 Å². The zero-order valence-electron chi connectivity index (χ0n) is 10.9. The van der Waals surface area contributed by atoms with Gasteiger partial charge in [-0.2, -0.15) is 0 Å². The first-order chi connectivity index (χ1) is 8.66. The average molecular weight is 357 g/mol. The fraction of sp³-hybridized carbons (Fsp3) is 0.533. The zero-order valence-corrected chi connectivity index (χ0v) is 13.0. The number of benzene rings is 1. The highest BCUT2D eigenvalue weighted by atomic mass is 127. The lowest BCUT2D eigenvalue weighted by Gasteiger charge is -2.27. The number of halogens is 1. The number of hydrogen-bond acceptors (Lipinski definition) is 1. The topological polar surface area (TPSA) is 20.3 Å².